The van der Waals surface area contributed by atoms with Crippen LogP contribution in [0, 0.1) is 0 Å². The summed E-state index contributed by atoms with van der Waals surface area (Å²) in [6.45, 7) is 3.74. The molecular formula is C41H43N5O3S. The molecule has 0 bridgehead atoms. The van der Waals surface area contributed by atoms with Gasteiger partial charge in [-0.15, -0.1) is 11.8 Å². The molecule has 1 saturated heterocycles. The number of nitrogens with zero attached hydrogens (tertiary/aromatic N) is 3. The molecule has 0 aromatic heterocycles. The van der Waals surface area contributed by atoms with Gasteiger partial charge in [0, 0.05) is 56.1 Å². The van der Waals surface area contributed by atoms with E-state index in [9.17, 15) is 9.59 Å². The fourth-order valence-electron chi connectivity index (χ4n) is 6.01. The predicted octanol–water partition coefficient (Wildman–Crippen LogP) is 7.49. The number of carbonyl (C=O) groups excluding carboxylic acids is 2. The van der Waals surface area contributed by atoms with E-state index in [1.54, 1.807) is 16.7 Å². The average molecular weight is 686 g/mol. The van der Waals surface area contributed by atoms with E-state index in [1.807, 2.05) is 83.9 Å². The number of thioether (sulfide) groups is 1. The highest BCUT2D eigenvalue weighted by Gasteiger charge is 2.23. The van der Waals surface area contributed by atoms with Crippen molar-refractivity contribution in [3.63, 3.8) is 0 Å². The number of nitrogens with two attached hydrogens (primary N) is 1. The third-order valence-corrected chi connectivity index (χ3v) is 9.53. The molecule has 1 fully saturated rings. The van der Waals surface area contributed by atoms with Crippen LogP contribution in [-0.2, 0) is 22.7 Å². The molecule has 6 rings (SSSR count). The van der Waals surface area contributed by atoms with E-state index >= 15 is 0 Å². The molecule has 8 nitrogen and oxygen atoms in total. The molecule has 0 atom stereocenters. The van der Waals surface area contributed by atoms with Crippen molar-refractivity contribution in [1.82, 2.24) is 10.4 Å². The largest absolute Gasteiger partial charge is 0.455 e. The van der Waals surface area contributed by atoms with Crippen molar-refractivity contribution < 1.29 is 14.3 Å². The summed E-state index contributed by atoms with van der Waals surface area (Å²) < 4.78 is 6.34. The van der Waals surface area contributed by atoms with Gasteiger partial charge in [0.05, 0.1) is 12.2 Å². The quantitative estimate of drug-likeness (QED) is 0.124. The van der Waals surface area contributed by atoms with Crippen molar-refractivity contribution in [3.05, 3.63) is 139 Å². The van der Waals surface area contributed by atoms with E-state index in [4.69, 9.17) is 10.5 Å². The van der Waals surface area contributed by atoms with Crippen LogP contribution in [0.15, 0.2) is 132 Å². The molecule has 3 N–H and O–H groups in total. The van der Waals surface area contributed by atoms with Crippen molar-refractivity contribution in [2.45, 2.75) is 30.8 Å². The average Bonchev–Trinajstić information content (AvgIpc) is 3.17. The maximum atomic E-state index is 14.1. The number of nitrogens with one attached hydrogen (secondary N) is 1. The van der Waals surface area contributed by atoms with E-state index in [1.165, 1.54) is 10.6 Å². The standard InChI is InChI=1S/C41H43N5O3S/c1-50-37-20-18-34(19-21-37)33-16-14-31(15-17-33)30-46(38-12-5-6-13-39(38)49-36-11-7-8-32(28-36)29-42)41(48)23-22-40(47)43-45-26-24-44(25-27-45)35-9-3-2-4-10-35/h2-21,28H,22-27,29-30,42H2,1H3,(H,43,47). The number of rotatable bonds is 13. The van der Waals surface area contributed by atoms with Crippen LogP contribution in [0.1, 0.15) is 24.0 Å². The normalized spacial score (nSPS) is 13.1. The summed E-state index contributed by atoms with van der Waals surface area (Å²) in [6, 6.07) is 42.2. The van der Waals surface area contributed by atoms with Gasteiger partial charge in [0.15, 0.2) is 5.75 Å². The lowest BCUT2D eigenvalue weighted by molar-refractivity contribution is -0.128. The highest BCUT2D eigenvalue weighted by molar-refractivity contribution is 7.98. The Bertz CT molecular complexity index is 1860. The molecule has 256 valence electrons. The molecular weight excluding hydrogens is 643 g/mol. The Balaban J connectivity index is 1.16. The summed E-state index contributed by atoms with van der Waals surface area (Å²) in [5, 5.41) is 1.94. The van der Waals surface area contributed by atoms with Crippen LogP contribution in [0.2, 0.25) is 0 Å². The van der Waals surface area contributed by atoms with Gasteiger partial charge in [-0.3, -0.25) is 15.0 Å². The summed E-state index contributed by atoms with van der Waals surface area (Å²) in [7, 11) is 0. The highest BCUT2D eigenvalue weighted by Crippen LogP contribution is 2.34. The number of hydrogen-bond donors (Lipinski definition) is 2. The molecule has 1 aliphatic heterocycles. The van der Waals surface area contributed by atoms with Gasteiger partial charge < -0.3 is 20.3 Å². The van der Waals surface area contributed by atoms with Gasteiger partial charge in [0.2, 0.25) is 11.8 Å². The number of ether oxygens (including phenoxy) is 1. The molecule has 5 aromatic carbocycles. The van der Waals surface area contributed by atoms with E-state index in [2.05, 4.69) is 65.1 Å². The second-order valence-electron chi connectivity index (χ2n) is 12.2. The first kappa shape index (κ1) is 34.8. The Kier molecular flexibility index (Phi) is 11.8. The van der Waals surface area contributed by atoms with Crippen molar-refractivity contribution in [1.29, 1.82) is 0 Å². The minimum atomic E-state index is -0.175. The van der Waals surface area contributed by atoms with Gasteiger partial charge in [0.1, 0.15) is 5.75 Å². The number of hydrazine groups is 1. The molecule has 0 aliphatic carbocycles. The van der Waals surface area contributed by atoms with E-state index in [0.29, 0.717) is 43.4 Å². The van der Waals surface area contributed by atoms with Crippen molar-refractivity contribution in [2.24, 2.45) is 5.73 Å². The molecule has 9 heteroatoms. The van der Waals surface area contributed by atoms with Gasteiger partial charge in [-0.05, 0) is 77.0 Å². The smallest absolute Gasteiger partial charge is 0.234 e. The van der Waals surface area contributed by atoms with Crippen LogP contribution in [0.3, 0.4) is 0 Å². The fraction of sp³-hybridized carbons (Fsp3) is 0.220. The number of piperazine rings is 1. The Morgan fingerprint density at radius 1 is 0.760 bits per heavy atom. The van der Waals surface area contributed by atoms with Crippen molar-refractivity contribution >= 4 is 35.0 Å². The lowest BCUT2D eigenvalue weighted by atomic mass is 10.0. The summed E-state index contributed by atoms with van der Waals surface area (Å²) in [5.41, 5.74) is 14.8. The van der Waals surface area contributed by atoms with Gasteiger partial charge in [0.25, 0.3) is 0 Å². The molecule has 0 radical (unpaired) electrons. The lowest BCUT2D eigenvalue weighted by Gasteiger charge is -2.36. The van der Waals surface area contributed by atoms with Crippen molar-refractivity contribution in [3.8, 4) is 22.6 Å². The summed E-state index contributed by atoms with van der Waals surface area (Å²) in [4.78, 5) is 32.4. The van der Waals surface area contributed by atoms with Gasteiger partial charge >= 0.3 is 0 Å². The molecule has 0 unspecified atom stereocenters. The third kappa shape index (κ3) is 9.12. The minimum Gasteiger partial charge on any atom is -0.455 e. The van der Waals surface area contributed by atoms with Gasteiger partial charge in [-0.1, -0.05) is 78.9 Å². The monoisotopic (exact) mass is 685 g/mol. The maximum absolute atomic E-state index is 14.1. The van der Waals surface area contributed by atoms with E-state index < -0.39 is 0 Å². The molecule has 50 heavy (non-hydrogen) atoms. The Morgan fingerprint density at radius 3 is 2.14 bits per heavy atom. The number of carbonyl (C=O) groups is 2. The molecule has 5 aromatic rings. The second-order valence-corrected chi connectivity index (χ2v) is 13.1. The number of hydrogen-bond acceptors (Lipinski definition) is 7. The minimum absolute atomic E-state index is 0.0483. The first-order valence-corrected chi connectivity index (χ1v) is 18.2. The topological polar surface area (TPSA) is 91.1 Å². The maximum Gasteiger partial charge on any atom is 0.234 e. The van der Waals surface area contributed by atoms with Crippen LogP contribution in [0.25, 0.3) is 11.1 Å². The molecule has 0 spiro atoms. The number of benzene rings is 5. The zero-order chi connectivity index (χ0) is 34.7. The number of amides is 2. The molecule has 1 aliphatic rings. The van der Waals surface area contributed by atoms with Crippen LogP contribution in [0.5, 0.6) is 11.5 Å². The number of para-hydroxylation sites is 3. The lowest BCUT2D eigenvalue weighted by Crippen LogP contribution is -2.53. The molecule has 1 heterocycles. The third-order valence-electron chi connectivity index (χ3n) is 8.79. The molecule has 0 saturated carbocycles. The number of anilines is 2. The van der Waals surface area contributed by atoms with E-state index in [-0.39, 0.29) is 24.7 Å². The Morgan fingerprint density at radius 2 is 1.44 bits per heavy atom. The summed E-state index contributed by atoms with van der Waals surface area (Å²) in [5.74, 6) is 0.835. The van der Waals surface area contributed by atoms with Gasteiger partial charge in [-0.25, -0.2) is 5.01 Å². The highest BCUT2D eigenvalue weighted by atomic mass is 32.2. The zero-order valence-electron chi connectivity index (χ0n) is 28.3. The SMILES string of the molecule is CSc1ccc(-c2ccc(CN(C(=O)CCC(=O)NN3CCN(c4ccccc4)CC3)c3ccccc3Oc3cccc(CN)c3)cc2)cc1. The summed E-state index contributed by atoms with van der Waals surface area (Å²) in [6.07, 6.45) is 2.19. The first-order valence-electron chi connectivity index (χ1n) is 16.9. The zero-order valence-corrected chi connectivity index (χ0v) is 29.1. The van der Waals surface area contributed by atoms with Crippen LogP contribution < -0.4 is 25.7 Å². The van der Waals surface area contributed by atoms with Crippen LogP contribution in [-0.4, -0.2) is 49.3 Å². The second kappa shape index (κ2) is 17.0. The van der Waals surface area contributed by atoms with Crippen molar-refractivity contribution in [2.75, 3.05) is 42.2 Å². The molecule has 2 amide bonds. The fourth-order valence-corrected chi connectivity index (χ4v) is 6.42. The predicted molar refractivity (Wildman–Crippen MR) is 203 cm³/mol. The van der Waals surface area contributed by atoms with E-state index in [0.717, 1.165) is 35.3 Å². The van der Waals surface area contributed by atoms with Gasteiger partial charge in [-0.2, -0.15) is 0 Å². The first-order chi connectivity index (χ1) is 24.5. The Labute approximate surface area is 298 Å². The van der Waals surface area contributed by atoms with Crippen LogP contribution >= 0.6 is 11.8 Å². The summed E-state index contributed by atoms with van der Waals surface area (Å²) >= 11 is 1.72. The van der Waals surface area contributed by atoms with Crippen LogP contribution in [0.4, 0.5) is 11.4 Å². The Hall–Kier alpha value is -5.09.